The van der Waals surface area contributed by atoms with E-state index in [0.29, 0.717) is 24.9 Å². The second-order valence-corrected chi connectivity index (χ2v) is 6.12. The second kappa shape index (κ2) is 12.0. The summed E-state index contributed by atoms with van der Waals surface area (Å²) in [6.45, 7) is 0.341. The quantitative estimate of drug-likeness (QED) is 0.117. The smallest absolute Gasteiger partial charge is 0.269 e. The van der Waals surface area contributed by atoms with Crippen molar-refractivity contribution in [1.29, 1.82) is 0 Å². The van der Waals surface area contributed by atoms with Gasteiger partial charge in [0.15, 0.2) is 5.96 Å². The number of nitrogens with one attached hydrogen (secondary N) is 2. The molecule has 6 N–H and O–H groups in total. The third-order valence-corrected chi connectivity index (χ3v) is 3.93. The van der Waals surface area contributed by atoms with Crippen LogP contribution in [0.2, 0.25) is 0 Å². The van der Waals surface area contributed by atoms with Gasteiger partial charge in [-0.05, 0) is 37.1 Å². The summed E-state index contributed by atoms with van der Waals surface area (Å²) in [5.41, 5.74) is 11.2. The van der Waals surface area contributed by atoms with Crippen molar-refractivity contribution < 1.29 is 14.5 Å². The standard InChI is InChI=1S/C19H22N6O4.ClH/c20-19(21)22-12-4-7-16(23-17(26)13-5-2-1-3-6-13)24-18(27)14-8-10-15(11-9-14)25(28)29;/h1-3,5-6,8-11,16H,4,7,12H2,(H,23,26)(H,24,27)(H4,20,21,22);1H. The zero-order valence-corrected chi connectivity index (χ0v) is 16.8. The third kappa shape index (κ3) is 7.76. The van der Waals surface area contributed by atoms with Gasteiger partial charge in [0.25, 0.3) is 17.5 Å². The Balaban J connectivity index is 0.00000450. The number of hydrogen-bond donors (Lipinski definition) is 4. The highest BCUT2D eigenvalue weighted by Crippen LogP contribution is 2.12. The zero-order valence-electron chi connectivity index (χ0n) is 16.0. The van der Waals surface area contributed by atoms with Gasteiger partial charge in [-0.1, -0.05) is 18.2 Å². The van der Waals surface area contributed by atoms with Gasteiger partial charge < -0.3 is 22.1 Å². The first kappa shape index (κ1) is 24.4. The molecule has 0 saturated carbocycles. The Bertz CT molecular complexity index is 886. The fourth-order valence-corrected chi connectivity index (χ4v) is 2.49. The van der Waals surface area contributed by atoms with Gasteiger partial charge >= 0.3 is 0 Å². The van der Waals surface area contributed by atoms with Crippen LogP contribution in [0.1, 0.15) is 33.6 Å². The van der Waals surface area contributed by atoms with Crippen molar-refractivity contribution in [2.45, 2.75) is 19.0 Å². The number of carbonyl (C=O) groups is 2. The van der Waals surface area contributed by atoms with Gasteiger partial charge in [0.2, 0.25) is 0 Å². The Hall–Kier alpha value is -3.66. The van der Waals surface area contributed by atoms with Crippen LogP contribution in [0.4, 0.5) is 5.69 Å². The highest BCUT2D eigenvalue weighted by Gasteiger charge is 2.17. The molecule has 0 saturated heterocycles. The molecule has 0 aliphatic rings. The molecule has 2 amide bonds. The fraction of sp³-hybridized carbons (Fsp3) is 0.211. The van der Waals surface area contributed by atoms with Gasteiger partial charge in [0, 0.05) is 29.8 Å². The lowest BCUT2D eigenvalue weighted by Gasteiger charge is -2.20. The molecule has 0 radical (unpaired) electrons. The van der Waals surface area contributed by atoms with E-state index in [1.807, 2.05) is 0 Å². The molecule has 0 aromatic heterocycles. The molecular weight excluding hydrogens is 412 g/mol. The molecule has 10 nitrogen and oxygen atoms in total. The van der Waals surface area contributed by atoms with Gasteiger partial charge in [-0.15, -0.1) is 12.4 Å². The van der Waals surface area contributed by atoms with Crippen molar-refractivity contribution in [3.63, 3.8) is 0 Å². The summed E-state index contributed by atoms with van der Waals surface area (Å²) < 4.78 is 0. The lowest BCUT2D eigenvalue weighted by atomic mass is 10.1. The van der Waals surface area contributed by atoms with Crippen LogP contribution in [-0.4, -0.2) is 35.4 Å². The topological polar surface area (TPSA) is 166 Å². The Morgan fingerprint density at radius 3 is 2.00 bits per heavy atom. The number of carbonyl (C=O) groups excluding carboxylic acids is 2. The van der Waals surface area contributed by atoms with E-state index in [9.17, 15) is 19.7 Å². The predicted molar refractivity (Wildman–Crippen MR) is 115 cm³/mol. The van der Waals surface area contributed by atoms with Gasteiger partial charge in [-0.25, -0.2) is 0 Å². The third-order valence-electron chi connectivity index (χ3n) is 3.93. The van der Waals surface area contributed by atoms with E-state index in [0.717, 1.165) is 0 Å². The molecular formula is C19H23ClN6O4. The summed E-state index contributed by atoms with van der Waals surface area (Å²) in [6.07, 6.45) is 0.214. The zero-order chi connectivity index (χ0) is 21.2. The van der Waals surface area contributed by atoms with Crippen molar-refractivity contribution in [2.24, 2.45) is 16.5 Å². The Morgan fingerprint density at radius 2 is 1.50 bits per heavy atom. The molecule has 2 rings (SSSR count). The Labute approximate surface area is 179 Å². The normalized spacial score (nSPS) is 10.8. The van der Waals surface area contributed by atoms with E-state index in [1.165, 1.54) is 24.3 Å². The molecule has 160 valence electrons. The molecule has 2 aromatic rings. The van der Waals surface area contributed by atoms with E-state index in [-0.39, 0.29) is 35.5 Å². The number of non-ortho nitro benzene ring substituents is 1. The maximum absolute atomic E-state index is 12.5. The average molecular weight is 435 g/mol. The molecule has 11 heteroatoms. The summed E-state index contributed by atoms with van der Waals surface area (Å²) >= 11 is 0. The maximum Gasteiger partial charge on any atom is 0.269 e. The molecule has 0 aliphatic carbocycles. The minimum atomic E-state index is -0.681. The lowest BCUT2D eigenvalue weighted by molar-refractivity contribution is -0.384. The largest absolute Gasteiger partial charge is 0.370 e. The summed E-state index contributed by atoms with van der Waals surface area (Å²) in [7, 11) is 0. The molecule has 0 spiro atoms. The molecule has 1 atom stereocenters. The maximum atomic E-state index is 12.5. The van der Waals surface area contributed by atoms with Gasteiger partial charge in [0.1, 0.15) is 6.17 Å². The molecule has 0 heterocycles. The van der Waals surface area contributed by atoms with Crippen molar-refractivity contribution in [2.75, 3.05) is 6.54 Å². The van der Waals surface area contributed by atoms with Crippen LogP contribution in [0.25, 0.3) is 0 Å². The number of halogens is 1. The van der Waals surface area contributed by atoms with Gasteiger partial charge in [0.05, 0.1) is 4.92 Å². The SMILES string of the molecule is Cl.NC(N)=NCCCC(NC(=O)c1ccccc1)NC(=O)c1ccc([N+](=O)[O-])cc1. The van der Waals surface area contributed by atoms with Crippen LogP contribution in [0.5, 0.6) is 0 Å². The van der Waals surface area contributed by atoms with E-state index >= 15 is 0 Å². The molecule has 1 unspecified atom stereocenters. The predicted octanol–water partition coefficient (Wildman–Crippen LogP) is 1.56. The minimum absolute atomic E-state index is 0. The van der Waals surface area contributed by atoms with E-state index in [2.05, 4.69) is 15.6 Å². The van der Waals surface area contributed by atoms with Crippen molar-refractivity contribution in [1.82, 2.24) is 10.6 Å². The number of amides is 2. The summed E-state index contributed by atoms with van der Waals surface area (Å²) in [6, 6.07) is 13.8. The first-order valence-corrected chi connectivity index (χ1v) is 8.83. The number of nitro groups is 1. The number of benzene rings is 2. The number of rotatable bonds is 9. The van der Waals surface area contributed by atoms with E-state index in [4.69, 9.17) is 11.5 Å². The lowest BCUT2D eigenvalue weighted by Crippen LogP contribution is -2.48. The first-order valence-electron chi connectivity index (χ1n) is 8.83. The van der Waals surface area contributed by atoms with Crippen LogP contribution < -0.4 is 22.1 Å². The fourth-order valence-electron chi connectivity index (χ4n) is 2.49. The Morgan fingerprint density at radius 1 is 0.967 bits per heavy atom. The summed E-state index contributed by atoms with van der Waals surface area (Å²) in [5.74, 6) is -0.855. The number of aliphatic imine (C=N–C) groups is 1. The van der Waals surface area contributed by atoms with Crippen LogP contribution in [0.3, 0.4) is 0 Å². The number of guanidine groups is 1. The molecule has 0 aliphatic heterocycles. The van der Waals surface area contributed by atoms with Crippen LogP contribution >= 0.6 is 12.4 Å². The van der Waals surface area contributed by atoms with Gasteiger partial charge in [-0.2, -0.15) is 0 Å². The van der Waals surface area contributed by atoms with Crippen LogP contribution in [-0.2, 0) is 0 Å². The molecule has 0 fully saturated rings. The molecule has 2 aromatic carbocycles. The summed E-state index contributed by atoms with van der Waals surface area (Å²) in [4.78, 5) is 39.0. The number of nitrogens with zero attached hydrogens (tertiary/aromatic N) is 2. The minimum Gasteiger partial charge on any atom is -0.370 e. The average Bonchev–Trinajstić information content (AvgIpc) is 2.71. The van der Waals surface area contributed by atoms with E-state index < -0.39 is 17.0 Å². The van der Waals surface area contributed by atoms with Crippen molar-refractivity contribution in [3.05, 3.63) is 75.8 Å². The van der Waals surface area contributed by atoms with Gasteiger partial charge in [-0.3, -0.25) is 24.7 Å². The first-order chi connectivity index (χ1) is 13.9. The molecule has 30 heavy (non-hydrogen) atoms. The highest BCUT2D eigenvalue weighted by atomic mass is 35.5. The van der Waals surface area contributed by atoms with Crippen LogP contribution in [0, 0.1) is 10.1 Å². The van der Waals surface area contributed by atoms with Crippen molar-refractivity contribution in [3.8, 4) is 0 Å². The van der Waals surface area contributed by atoms with Crippen molar-refractivity contribution >= 4 is 35.9 Å². The number of nitro benzene ring substituents is 1. The number of nitrogens with two attached hydrogens (primary N) is 2. The molecule has 0 bridgehead atoms. The second-order valence-electron chi connectivity index (χ2n) is 6.12. The Kier molecular flexibility index (Phi) is 9.77. The number of hydrogen-bond acceptors (Lipinski definition) is 5. The monoisotopic (exact) mass is 434 g/mol. The van der Waals surface area contributed by atoms with E-state index in [1.54, 1.807) is 30.3 Å². The highest BCUT2D eigenvalue weighted by molar-refractivity contribution is 5.96. The summed E-state index contributed by atoms with van der Waals surface area (Å²) in [5, 5.41) is 16.2. The van der Waals surface area contributed by atoms with Crippen LogP contribution in [0.15, 0.2) is 59.6 Å².